The molecule has 12 nitrogen and oxygen atoms in total. The van der Waals surface area contributed by atoms with Gasteiger partial charge in [0.15, 0.2) is 34.9 Å². The van der Waals surface area contributed by atoms with Gasteiger partial charge in [-0.15, -0.1) is 0 Å². The summed E-state index contributed by atoms with van der Waals surface area (Å²) in [7, 11) is 0. The van der Waals surface area contributed by atoms with Gasteiger partial charge in [-0.2, -0.15) is 0 Å². The summed E-state index contributed by atoms with van der Waals surface area (Å²) < 4.78 is 0. The third kappa shape index (κ3) is 15.8. The van der Waals surface area contributed by atoms with Gasteiger partial charge in [0.05, 0.1) is 0 Å². The van der Waals surface area contributed by atoms with E-state index in [4.69, 9.17) is 0 Å². The molecule has 0 aliphatic rings. The van der Waals surface area contributed by atoms with Crippen LogP contribution in [0.4, 0.5) is 0 Å². The van der Waals surface area contributed by atoms with Crippen LogP contribution in [0.3, 0.4) is 0 Å². The first-order valence-corrected chi connectivity index (χ1v) is 14.8. The number of nitrogens with zero attached hydrogens (tertiary/aromatic N) is 12. The van der Waals surface area contributed by atoms with E-state index in [1.54, 1.807) is 37.2 Å². The smallest absolute Gasteiger partial charge is 1.00 e. The molecule has 0 saturated carbocycles. The Balaban J connectivity index is -0.000000884. The Kier molecular flexibility index (Phi) is 30.4. The SMILES string of the molecule is [Cl-].[Cl-].[Cl-].[Cl-].[Cl-].[Cl-].[Pt+2].[Pt+2].[Pt+2].c1ccc(-c2nc(-c3ccccn3)nc(-c3ccccn3)n2)nc1.c1ccc(-c2nc(-c3ccccn3)nc(-c3ccccn3)n2)nc1. The van der Waals surface area contributed by atoms with Crippen molar-refractivity contribution < 1.29 is 138 Å². The zero-order chi connectivity index (χ0) is 32.4. The maximum atomic E-state index is 4.52. The van der Waals surface area contributed by atoms with Crippen molar-refractivity contribution in [2.45, 2.75) is 0 Å². The molecule has 0 saturated heterocycles. The zero-order valence-corrected chi connectivity index (χ0v) is 39.8. The number of hydrogen-bond acceptors (Lipinski definition) is 12. The van der Waals surface area contributed by atoms with Crippen LogP contribution >= 0.6 is 0 Å². The topological polar surface area (TPSA) is 155 Å². The standard InChI is InChI=1S/2C18H12N6.6ClH.3Pt/c2*1-4-10-19-13(7-1)16-22-17(14-8-2-5-11-20-14)24-18(23-16)15-9-3-6-12-21-15;;;;;;;;;/h2*1-12H;6*1H;;;/q;;;;;;;;3*+2/p-6. The number of aromatic nitrogens is 12. The first-order chi connectivity index (χ1) is 23.8. The average Bonchev–Trinajstić information content (AvgIpc) is 3.20. The van der Waals surface area contributed by atoms with E-state index in [1.165, 1.54) is 0 Å². The summed E-state index contributed by atoms with van der Waals surface area (Å²) in [6.07, 6.45) is 10.3. The monoisotopic (exact) mass is 1420 g/mol. The molecule has 0 radical (unpaired) electrons. The summed E-state index contributed by atoms with van der Waals surface area (Å²) in [6.45, 7) is 0. The van der Waals surface area contributed by atoms with Crippen LogP contribution < -0.4 is 74.4 Å². The molecule has 0 aliphatic heterocycles. The Morgan fingerprint density at radius 1 is 0.211 bits per heavy atom. The fourth-order valence-electron chi connectivity index (χ4n) is 4.41. The summed E-state index contributed by atoms with van der Waals surface area (Å²) >= 11 is 0. The molecule has 21 heteroatoms. The van der Waals surface area contributed by atoms with Crippen molar-refractivity contribution in [3.8, 4) is 69.1 Å². The second kappa shape index (κ2) is 29.9. The molecule has 0 amide bonds. The van der Waals surface area contributed by atoms with Crippen molar-refractivity contribution in [3.63, 3.8) is 0 Å². The van der Waals surface area contributed by atoms with Crippen molar-refractivity contribution >= 4 is 0 Å². The molecule has 8 aromatic heterocycles. The number of hydrogen-bond donors (Lipinski definition) is 0. The van der Waals surface area contributed by atoms with Crippen molar-refractivity contribution in [1.29, 1.82) is 0 Å². The summed E-state index contributed by atoms with van der Waals surface area (Å²) in [4.78, 5) is 53.1. The molecule has 0 spiro atoms. The number of pyridine rings is 6. The molecule has 8 rings (SSSR count). The Morgan fingerprint density at radius 2 is 0.351 bits per heavy atom. The van der Waals surface area contributed by atoms with E-state index in [0.29, 0.717) is 69.1 Å². The Hall–Kier alpha value is -3.28. The van der Waals surface area contributed by atoms with Crippen LogP contribution in [0.2, 0.25) is 0 Å². The van der Waals surface area contributed by atoms with Gasteiger partial charge in [-0.05, 0) is 72.8 Å². The maximum Gasteiger partial charge on any atom is 2.00 e. The van der Waals surface area contributed by atoms with E-state index in [9.17, 15) is 0 Å². The van der Waals surface area contributed by atoms with Gasteiger partial charge in [0.25, 0.3) is 0 Å². The first-order valence-electron chi connectivity index (χ1n) is 14.8. The predicted molar refractivity (Wildman–Crippen MR) is 179 cm³/mol. The van der Waals surface area contributed by atoms with Crippen LogP contribution in [0.25, 0.3) is 69.1 Å². The number of halogens is 6. The largest absolute Gasteiger partial charge is 2.00 e. The molecule has 0 unspecified atom stereocenters. The molecule has 8 aromatic rings. The van der Waals surface area contributed by atoms with Crippen molar-refractivity contribution in [1.82, 2.24) is 59.8 Å². The molecule has 0 aliphatic carbocycles. The molecule has 57 heavy (non-hydrogen) atoms. The minimum Gasteiger partial charge on any atom is -1.00 e. The van der Waals surface area contributed by atoms with Gasteiger partial charge in [0.2, 0.25) is 0 Å². The van der Waals surface area contributed by atoms with Gasteiger partial charge in [-0.3, -0.25) is 29.9 Å². The van der Waals surface area contributed by atoms with E-state index in [0.717, 1.165) is 0 Å². The Morgan fingerprint density at radius 3 is 0.456 bits per heavy atom. The summed E-state index contributed by atoms with van der Waals surface area (Å²) in [5.74, 6) is 2.96. The van der Waals surface area contributed by atoms with Gasteiger partial charge < -0.3 is 74.4 Å². The molecule has 300 valence electrons. The van der Waals surface area contributed by atoms with E-state index in [1.807, 2.05) is 109 Å². The van der Waals surface area contributed by atoms with Crippen LogP contribution in [0.15, 0.2) is 146 Å². The summed E-state index contributed by atoms with van der Waals surface area (Å²) in [5.41, 5.74) is 4.05. The quantitative estimate of drug-likeness (QED) is 0.156. The summed E-state index contributed by atoms with van der Waals surface area (Å²) in [6, 6.07) is 33.6. The van der Waals surface area contributed by atoms with Gasteiger partial charge in [-0.25, -0.2) is 29.9 Å². The van der Waals surface area contributed by atoms with Crippen molar-refractivity contribution in [2.24, 2.45) is 0 Å². The molecule has 8 heterocycles. The molecule has 0 atom stereocenters. The van der Waals surface area contributed by atoms with E-state index >= 15 is 0 Å². The summed E-state index contributed by atoms with van der Waals surface area (Å²) in [5, 5.41) is 0. The molecule has 0 aromatic carbocycles. The van der Waals surface area contributed by atoms with E-state index in [2.05, 4.69) is 59.8 Å². The van der Waals surface area contributed by atoms with Crippen LogP contribution in [0.5, 0.6) is 0 Å². The Labute approximate surface area is 409 Å². The van der Waals surface area contributed by atoms with Gasteiger partial charge in [-0.1, -0.05) is 36.4 Å². The van der Waals surface area contributed by atoms with Gasteiger partial charge in [0, 0.05) is 37.2 Å². The van der Waals surface area contributed by atoms with Crippen LogP contribution in [0, 0.1) is 0 Å². The normalized spacial score (nSPS) is 8.84. The zero-order valence-electron chi connectivity index (χ0n) is 28.4. The molecule has 0 fully saturated rings. The second-order valence-corrected chi connectivity index (χ2v) is 9.90. The third-order valence-corrected chi connectivity index (χ3v) is 6.63. The van der Waals surface area contributed by atoms with Crippen molar-refractivity contribution in [3.05, 3.63) is 146 Å². The fourth-order valence-corrected chi connectivity index (χ4v) is 4.41. The minimum atomic E-state index is 0. The van der Waals surface area contributed by atoms with E-state index < -0.39 is 0 Å². The molecule has 0 bridgehead atoms. The maximum absolute atomic E-state index is 4.52. The van der Waals surface area contributed by atoms with E-state index in [-0.39, 0.29) is 138 Å². The predicted octanol–water partition coefficient (Wildman–Crippen LogP) is -11.9. The Bertz CT molecular complexity index is 1810. The van der Waals surface area contributed by atoms with Crippen molar-refractivity contribution in [2.75, 3.05) is 0 Å². The first kappa shape index (κ1) is 58.0. The molecular weight excluding hydrogens is 1400 g/mol. The second-order valence-electron chi connectivity index (χ2n) is 9.90. The number of rotatable bonds is 6. The molecular formula is C36H24Cl6N12Pt3. The van der Waals surface area contributed by atoms with Gasteiger partial charge >= 0.3 is 63.2 Å². The third-order valence-electron chi connectivity index (χ3n) is 6.63. The fraction of sp³-hybridized carbons (Fsp3) is 0. The van der Waals surface area contributed by atoms with Crippen LogP contribution in [0.1, 0.15) is 0 Å². The van der Waals surface area contributed by atoms with Crippen LogP contribution in [-0.2, 0) is 63.2 Å². The van der Waals surface area contributed by atoms with Gasteiger partial charge in [0.1, 0.15) is 34.2 Å². The average molecular weight is 1420 g/mol. The minimum absolute atomic E-state index is 0. The van der Waals surface area contributed by atoms with Crippen LogP contribution in [-0.4, -0.2) is 59.8 Å². The molecule has 0 N–H and O–H groups in total.